The molecule has 1 aromatic carbocycles. The van der Waals surface area contributed by atoms with E-state index in [1.54, 1.807) is 6.07 Å². The number of phenols is 1. The Morgan fingerprint density at radius 2 is 2.36 bits per heavy atom. The third-order valence-corrected chi connectivity index (χ3v) is 2.83. The average Bonchev–Trinajstić information content (AvgIpc) is 2.14. The van der Waals surface area contributed by atoms with Gasteiger partial charge in [0.25, 0.3) is 0 Å². The fourth-order valence-corrected chi connectivity index (χ4v) is 1.86. The van der Waals surface area contributed by atoms with Gasteiger partial charge in [0.2, 0.25) is 0 Å². The quantitative estimate of drug-likeness (QED) is 0.749. The van der Waals surface area contributed by atoms with Gasteiger partial charge in [0, 0.05) is 25.7 Å². The van der Waals surface area contributed by atoms with Crippen LogP contribution in [-0.2, 0) is 6.54 Å². The largest absolute Gasteiger partial charge is 0.508 e. The molecule has 3 nitrogen and oxygen atoms in total. The first-order valence-electron chi connectivity index (χ1n) is 5.01. The molecule has 1 saturated heterocycles. The predicted molar refractivity (Wildman–Crippen MR) is 56.0 cm³/mol. The van der Waals surface area contributed by atoms with Crippen molar-refractivity contribution in [2.24, 2.45) is 5.73 Å². The van der Waals surface area contributed by atoms with E-state index < -0.39 is 0 Å². The van der Waals surface area contributed by atoms with Gasteiger partial charge in [0.1, 0.15) is 5.75 Å². The van der Waals surface area contributed by atoms with E-state index in [4.69, 9.17) is 5.73 Å². The predicted octanol–water partition coefficient (Wildman–Crippen LogP) is 0.925. The molecule has 1 fully saturated rings. The van der Waals surface area contributed by atoms with Gasteiger partial charge in [-0.25, -0.2) is 0 Å². The minimum Gasteiger partial charge on any atom is -0.508 e. The fraction of sp³-hybridized carbons (Fsp3) is 0.455. The second kappa shape index (κ2) is 3.98. The third kappa shape index (κ3) is 1.89. The third-order valence-electron chi connectivity index (χ3n) is 2.83. The Morgan fingerprint density at radius 3 is 2.93 bits per heavy atom. The van der Waals surface area contributed by atoms with Crippen LogP contribution in [0.1, 0.15) is 12.0 Å². The van der Waals surface area contributed by atoms with Crippen LogP contribution < -0.4 is 5.73 Å². The summed E-state index contributed by atoms with van der Waals surface area (Å²) in [6, 6.07) is 7.96. The number of hydrogen-bond acceptors (Lipinski definition) is 3. The summed E-state index contributed by atoms with van der Waals surface area (Å²) in [6.07, 6.45) is 1.20. The minimum absolute atomic E-state index is 0.340. The summed E-state index contributed by atoms with van der Waals surface area (Å²) in [5.74, 6) is 0.340. The monoisotopic (exact) mass is 192 g/mol. The van der Waals surface area contributed by atoms with Crippen molar-refractivity contribution in [1.82, 2.24) is 4.90 Å². The lowest BCUT2D eigenvalue weighted by molar-refractivity contribution is 0.0881. The summed E-state index contributed by atoms with van der Waals surface area (Å²) < 4.78 is 0. The molecule has 3 heteroatoms. The van der Waals surface area contributed by atoms with Gasteiger partial charge in [-0.1, -0.05) is 12.1 Å². The molecule has 0 aliphatic carbocycles. The Balaban J connectivity index is 1.97. The van der Waals surface area contributed by atoms with Crippen LogP contribution in [0.3, 0.4) is 0 Å². The van der Waals surface area contributed by atoms with Crippen molar-refractivity contribution in [2.75, 3.05) is 13.1 Å². The topological polar surface area (TPSA) is 49.5 Å². The zero-order chi connectivity index (χ0) is 9.97. The van der Waals surface area contributed by atoms with Crippen molar-refractivity contribution in [3.05, 3.63) is 29.8 Å². The molecule has 1 aliphatic heterocycles. The zero-order valence-corrected chi connectivity index (χ0v) is 8.19. The van der Waals surface area contributed by atoms with Crippen LogP contribution in [0.15, 0.2) is 24.3 Å². The van der Waals surface area contributed by atoms with Gasteiger partial charge < -0.3 is 10.8 Å². The number of rotatable bonds is 3. The number of nitrogens with two attached hydrogens (primary N) is 1. The van der Waals surface area contributed by atoms with E-state index in [1.807, 2.05) is 18.2 Å². The highest BCUT2D eigenvalue weighted by molar-refractivity contribution is 5.27. The van der Waals surface area contributed by atoms with Crippen molar-refractivity contribution in [1.29, 1.82) is 0 Å². The number of aromatic hydroxyl groups is 1. The first kappa shape index (κ1) is 9.49. The Labute approximate surface area is 84.1 Å². The lowest BCUT2D eigenvalue weighted by atomic mass is 10.0. The zero-order valence-electron chi connectivity index (χ0n) is 8.19. The van der Waals surface area contributed by atoms with Gasteiger partial charge in [-0.2, -0.15) is 0 Å². The minimum atomic E-state index is 0.340. The molecule has 1 aliphatic rings. The molecule has 3 N–H and O–H groups in total. The van der Waals surface area contributed by atoms with E-state index in [9.17, 15) is 5.11 Å². The molecule has 76 valence electrons. The Bertz CT molecular complexity index is 312. The molecule has 0 amide bonds. The smallest absolute Gasteiger partial charge is 0.115 e. The lowest BCUT2D eigenvalue weighted by Gasteiger charge is -2.40. The van der Waals surface area contributed by atoms with Crippen LogP contribution in [0.4, 0.5) is 0 Å². The van der Waals surface area contributed by atoms with Crippen LogP contribution >= 0.6 is 0 Å². The number of benzene rings is 1. The maximum absolute atomic E-state index is 9.30. The van der Waals surface area contributed by atoms with E-state index in [-0.39, 0.29) is 0 Å². The second-order valence-electron chi connectivity index (χ2n) is 3.82. The van der Waals surface area contributed by atoms with Crippen LogP contribution in [0.5, 0.6) is 5.75 Å². The van der Waals surface area contributed by atoms with Crippen LogP contribution in [0.2, 0.25) is 0 Å². The summed E-state index contributed by atoms with van der Waals surface area (Å²) in [5, 5.41) is 9.30. The van der Waals surface area contributed by atoms with E-state index in [2.05, 4.69) is 4.90 Å². The van der Waals surface area contributed by atoms with E-state index >= 15 is 0 Å². The van der Waals surface area contributed by atoms with Crippen molar-refractivity contribution in [3.63, 3.8) is 0 Å². The SMILES string of the molecule is NCC1CCN1Cc1cccc(O)c1. The molecule has 2 rings (SSSR count). The first-order valence-corrected chi connectivity index (χ1v) is 5.01. The van der Waals surface area contributed by atoms with Gasteiger partial charge >= 0.3 is 0 Å². The molecule has 1 heterocycles. The van der Waals surface area contributed by atoms with Crippen molar-refractivity contribution >= 4 is 0 Å². The molecule has 1 aromatic rings. The highest BCUT2D eigenvalue weighted by atomic mass is 16.3. The molecule has 0 saturated carbocycles. The van der Waals surface area contributed by atoms with E-state index in [0.29, 0.717) is 11.8 Å². The van der Waals surface area contributed by atoms with Crippen LogP contribution in [0, 0.1) is 0 Å². The van der Waals surface area contributed by atoms with Gasteiger partial charge in [-0.05, 0) is 24.1 Å². The molecule has 0 aromatic heterocycles. The molecule has 1 atom stereocenters. The maximum Gasteiger partial charge on any atom is 0.115 e. The number of hydrogen-bond donors (Lipinski definition) is 2. The maximum atomic E-state index is 9.30. The molecule has 0 bridgehead atoms. The van der Waals surface area contributed by atoms with E-state index in [0.717, 1.165) is 25.2 Å². The standard InChI is InChI=1S/C11H16N2O/c12-7-10-4-5-13(10)8-9-2-1-3-11(14)6-9/h1-3,6,10,14H,4-5,7-8,12H2. The normalized spacial score (nSPS) is 21.9. The summed E-state index contributed by atoms with van der Waals surface area (Å²) in [4.78, 5) is 2.34. The number of likely N-dealkylation sites (tertiary alicyclic amines) is 1. The average molecular weight is 192 g/mol. The Morgan fingerprint density at radius 1 is 1.50 bits per heavy atom. The highest BCUT2D eigenvalue weighted by Gasteiger charge is 2.25. The molecular formula is C11H16N2O. The van der Waals surface area contributed by atoms with Crippen molar-refractivity contribution < 1.29 is 5.11 Å². The highest BCUT2D eigenvalue weighted by Crippen LogP contribution is 2.20. The fourth-order valence-electron chi connectivity index (χ4n) is 1.86. The molecule has 0 spiro atoms. The van der Waals surface area contributed by atoms with Gasteiger partial charge in [-0.15, -0.1) is 0 Å². The Hall–Kier alpha value is -1.06. The molecular weight excluding hydrogens is 176 g/mol. The molecule has 14 heavy (non-hydrogen) atoms. The second-order valence-corrected chi connectivity index (χ2v) is 3.82. The van der Waals surface area contributed by atoms with Gasteiger partial charge in [-0.3, -0.25) is 4.90 Å². The van der Waals surface area contributed by atoms with Gasteiger partial charge in [0.15, 0.2) is 0 Å². The van der Waals surface area contributed by atoms with Crippen LogP contribution in [0.25, 0.3) is 0 Å². The van der Waals surface area contributed by atoms with Crippen molar-refractivity contribution in [2.45, 2.75) is 19.0 Å². The molecule has 1 unspecified atom stereocenters. The van der Waals surface area contributed by atoms with Crippen LogP contribution in [-0.4, -0.2) is 29.1 Å². The van der Waals surface area contributed by atoms with Gasteiger partial charge in [0.05, 0.1) is 0 Å². The molecule has 0 radical (unpaired) electrons. The number of phenolic OH excluding ortho intramolecular Hbond substituents is 1. The number of nitrogens with zero attached hydrogens (tertiary/aromatic N) is 1. The Kier molecular flexibility index (Phi) is 2.70. The van der Waals surface area contributed by atoms with Crippen molar-refractivity contribution in [3.8, 4) is 5.75 Å². The summed E-state index contributed by atoms with van der Waals surface area (Å²) in [6.45, 7) is 2.76. The lowest BCUT2D eigenvalue weighted by Crippen LogP contribution is -2.50. The summed E-state index contributed by atoms with van der Waals surface area (Å²) >= 11 is 0. The summed E-state index contributed by atoms with van der Waals surface area (Å²) in [5.41, 5.74) is 6.77. The first-order chi connectivity index (χ1) is 6.79. The van der Waals surface area contributed by atoms with E-state index in [1.165, 1.54) is 6.42 Å². The summed E-state index contributed by atoms with van der Waals surface area (Å²) in [7, 11) is 0.